The number of hydrogen-bond acceptors (Lipinski definition) is 0. The van der Waals surface area contributed by atoms with E-state index in [0.29, 0.717) is 0 Å². The van der Waals surface area contributed by atoms with E-state index in [1.807, 2.05) is 0 Å². The normalized spacial score (nSPS) is 11.8. The van der Waals surface area contributed by atoms with Crippen LogP contribution in [0.25, 0.3) is 110 Å². The highest BCUT2D eigenvalue weighted by molar-refractivity contribution is 7.00. The molecule has 4 nitrogen and oxygen atoms in total. The van der Waals surface area contributed by atoms with E-state index in [-0.39, 0.29) is 20.1 Å². The van der Waals surface area contributed by atoms with Crippen LogP contribution in [0.4, 0.5) is 0 Å². The summed E-state index contributed by atoms with van der Waals surface area (Å²) >= 11 is 0. The second-order valence-corrected chi connectivity index (χ2v) is 27.2. The predicted molar refractivity (Wildman–Crippen MR) is 431 cm³/mol. The Labute approximate surface area is 583 Å². The SMILES string of the molecule is Cc1cc(C)c(B(c2cccc(-n3c4ccccc4c4c(B(c5ccccc5)c5ccccc5)c5c6ccccc6n(-c6ccccc6)c5cc43)c2)c2cccc(-n3c4ccccc4c4c(B(c5ccccc5)c5ccccc5)c5c6ccccc6n(-c6ccccc6)c5cc43)c2)c(C)c1. The van der Waals surface area contributed by atoms with Crippen molar-refractivity contribution in [2.24, 2.45) is 0 Å². The molecule has 0 amide bonds. The Morgan fingerprint density at radius 3 is 0.740 bits per heavy atom. The fourth-order valence-electron chi connectivity index (χ4n) is 17.6. The third-order valence-electron chi connectivity index (χ3n) is 21.4. The molecule has 19 aromatic rings. The van der Waals surface area contributed by atoms with E-state index in [0.717, 1.165) is 44.8 Å². The summed E-state index contributed by atoms with van der Waals surface area (Å²) in [5.74, 6) is 0. The molecule has 0 aliphatic carbocycles. The molecule has 0 N–H and O–H groups in total. The molecule has 0 aliphatic heterocycles. The first-order chi connectivity index (χ1) is 49.4. The molecule has 0 spiro atoms. The summed E-state index contributed by atoms with van der Waals surface area (Å²) in [6, 6.07) is 132. The average Bonchev–Trinajstić information content (AvgIpc) is 1.54. The summed E-state index contributed by atoms with van der Waals surface area (Å²) in [5, 5.41) is 9.95. The van der Waals surface area contributed by atoms with Crippen LogP contribution in [-0.4, -0.2) is 38.4 Å². The molecule has 0 saturated carbocycles. The van der Waals surface area contributed by atoms with Gasteiger partial charge >= 0.3 is 0 Å². The van der Waals surface area contributed by atoms with Crippen molar-refractivity contribution in [1.82, 2.24) is 18.3 Å². The number of aryl methyl sites for hydroxylation is 3. The minimum absolute atomic E-state index is 0.103. The molecule has 100 heavy (non-hydrogen) atoms. The van der Waals surface area contributed by atoms with Crippen molar-refractivity contribution in [3.05, 3.63) is 369 Å². The van der Waals surface area contributed by atoms with Gasteiger partial charge in [-0.25, -0.2) is 0 Å². The summed E-state index contributed by atoms with van der Waals surface area (Å²) < 4.78 is 10.1. The molecule has 0 unspecified atom stereocenters. The molecule has 0 aliphatic rings. The highest BCUT2D eigenvalue weighted by atomic mass is 15.0. The van der Waals surface area contributed by atoms with Crippen LogP contribution in [-0.2, 0) is 0 Å². The van der Waals surface area contributed by atoms with Gasteiger partial charge in [-0.2, -0.15) is 0 Å². The van der Waals surface area contributed by atoms with Crippen LogP contribution in [0.1, 0.15) is 16.7 Å². The number of rotatable bonds is 13. The predicted octanol–water partition coefficient (Wildman–Crippen LogP) is 16.5. The average molecular weight is 1270 g/mol. The molecule has 0 radical (unpaired) electrons. The Bertz CT molecular complexity index is 5910. The molecule has 0 atom stereocenters. The fraction of sp³-hybridized carbons (Fsp3) is 0.0323. The molecule has 7 heteroatoms. The Kier molecular flexibility index (Phi) is 14.2. The summed E-state index contributed by atoms with van der Waals surface area (Å²) in [6.45, 7) is 6.50. The molecular weight excluding hydrogens is 1210 g/mol. The Balaban J connectivity index is 0.881. The maximum absolute atomic E-state index is 2.57. The van der Waals surface area contributed by atoms with Gasteiger partial charge in [0.05, 0.1) is 44.1 Å². The van der Waals surface area contributed by atoms with Crippen LogP contribution in [0.15, 0.2) is 352 Å². The summed E-state index contributed by atoms with van der Waals surface area (Å²) in [4.78, 5) is 0. The lowest BCUT2D eigenvalue weighted by Crippen LogP contribution is -2.54. The quantitative estimate of drug-likeness (QED) is 0.103. The Morgan fingerprint density at radius 2 is 0.430 bits per heavy atom. The molecule has 0 fully saturated rings. The monoisotopic (exact) mass is 1270 g/mol. The lowest BCUT2D eigenvalue weighted by Gasteiger charge is -2.23. The molecule has 0 bridgehead atoms. The van der Waals surface area contributed by atoms with Crippen molar-refractivity contribution in [3.63, 3.8) is 0 Å². The maximum Gasteiger partial charge on any atom is 0.243 e. The topological polar surface area (TPSA) is 19.7 Å². The van der Waals surface area contributed by atoms with E-state index >= 15 is 0 Å². The molecule has 15 aromatic carbocycles. The van der Waals surface area contributed by atoms with Gasteiger partial charge in [0.25, 0.3) is 0 Å². The van der Waals surface area contributed by atoms with Crippen LogP contribution in [0.3, 0.4) is 0 Å². The molecule has 4 aromatic heterocycles. The van der Waals surface area contributed by atoms with Gasteiger partial charge in [-0.3, -0.25) is 0 Å². The first kappa shape index (κ1) is 59.0. The number of nitrogens with zero attached hydrogens (tertiary/aromatic N) is 4. The lowest BCUT2D eigenvalue weighted by atomic mass is 9.35. The summed E-state index contributed by atoms with van der Waals surface area (Å²) in [5.41, 5.74) is 29.0. The van der Waals surface area contributed by atoms with Crippen LogP contribution in [0.5, 0.6) is 0 Å². The second-order valence-electron chi connectivity index (χ2n) is 27.2. The number of benzene rings is 15. The number of hydrogen-bond donors (Lipinski definition) is 0. The van der Waals surface area contributed by atoms with Crippen LogP contribution >= 0.6 is 0 Å². The van der Waals surface area contributed by atoms with Gasteiger partial charge in [0, 0.05) is 65.8 Å². The van der Waals surface area contributed by atoms with Crippen LogP contribution < -0.4 is 49.2 Å². The van der Waals surface area contributed by atoms with Crippen LogP contribution in [0.2, 0.25) is 0 Å². The lowest BCUT2D eigenvalue weighted by molar-refractivity contribution is 1.17. The molecule has 0 saturated heterocycles. The zero-order chi connectivity index (χ0) is 66.5. The minimum atomic E-state index is -0.159. The van der Waals surface area contributed by atoms with Gasteiger partial charge < -0.3 is 18.3 Å². The van der Waals surface area contributed by atoms with Crippen molar-refractivity contribution >= 4 is 157 Å². The number of aromatic nitrogens is 4. The maximum atomic E-state index is 2.57. The van der Waals surface area contributed by atoms with Crippen LogP contribution in [0, 0.1) is 20.8 Å². The van der Waals surface area contributed by atoms with E-state index in [9.17, 15) is 0 Å². The van der Waals surface area contributed by atoms with E-state index in [1.165, 1.54) is 131 Å². The number of para-hydroxylation sites is 6. The van der Waals surface area contributed by atoms with Crippen molar-refractivity contribution in [2.45, 2.75) is 20.8 Å². The third-order valence-corrected chi connectivity index (χ3v) is 21.4. The van der Waals surface area contributed by atoms with Crippen molar-refractivity contribution < 1.29 is 0 Å². The standard InChI is InChI=1S/C93H67B3N4/c1-62-56-63(2)91(64(3)57-62)96(69-40-30-46-73(58-69)99-81-54-28-24-50-77(81)89-85(99)60-83-87(75-48-22-26-52-79(75)97(83)71-42-18-8-19-43-71)92(89)94(65-32-10-4-11-33-65)66-34-12-5-13-35-66)70-41-31-47-74(59-70)100-82-55-29-25-51-78(82)90-86(100)61-84-88(76-49-23-27-53-80(76)98(84)72-44-20-9-21-45-72)93(90)95(67-36-14-6-15-37-67)68-38-16-7-17-39-68/h4-61H,1-3H3. The Morgan fingerprint density at radius 1 is 0.190 bits per heavy atom. The first-order valence-corrected chi connectivity index (χ1v) is 35.0. The highest BCUT2D eigenvalue weighted by Gasteiger charge is 2.35. The molecule has 468 valence electrons. The Hall–Kier alpha value is -12.3. The smallest absolute Gasteiger partial charge is 0.243 e. The van der Waals surface area contributed by atoms with Gasteiger partial charge in [0.15, 0.2) is 0 Å². The van der Waals surface area contributed by atoms with Gasteiger partial charge in [-0.1, -0.05) is 322 Å². The molecular formula is C93H67B3N4. The first-order valence-electron chi connectivity index (χ1n) is 35.0. The largest absolute Gasteiger partial charge is 0.309 e. The van der Waals surface area contributed by atoms with Gasteiger partial charge in [-0.05, 0) is 117 Å². The van der Waals surface area contributed by atoms with Gasteiger partial charge in [-0.15, -0.1) is 0 Å². The summed E-state index contributed by atoms with van der Waals surface area (Å²) in [6.07, 6.45) is 0. The fourth-order valence-corrected chi connectivity index (χ4v) is 17.6. The van der Waals surface area contributed by atoms with E-state index in [2.05, 4.69) is 391 Å². The number of fused-ring (bicyclic) bond motifs is 12. The molecule has 19 rings (SSSR count). The van der Waals surface area contributed by atoms with Crippen molar-refractivity contribution in [2.75, 3.05) is 0 Å². The minimum Gasteiger partial charge on any atom is -0.309 e. The summed E-state index contributed by atoms with van der Waals surface area (Å²) in [7, 11) is 0. The van der Waals surface area contributed by atoms with Gasteiger partial charge in [0.2, 0.25) is 20.1 Å². The van der Waals surface area contributed by atoms with E-state index in [4.69, 9.17) is 0 Å². The zero-order valence-corrected chi connectivity index (χ0v) is 56.0. The zero-order valence-electron chi connectivity index (χ0n) is 56.0. The van der Waals surface area contributed by atoms with E-state index < -0.39 is 0 Å². The molecule has 4 heterocycles. The second kappa shape index (κ2) is 24.1. The van der Waals surface area contributed by atoms with Crippen molar-refractivity contribution in [3.8, 4) is 22.7 Å². The van der Waals surface area contributed by atoms with E-state index in [1.54, 1.807) is 0 Å². The van der Waals surface area contributed by atoms with Gasteiger partial charge in [0.1, 0.15) is 0 Å². The highest BCUT2D eigenvalue weighted by Crippen LogP contribution is 2.42. The third kappa shape index (κ3) is 9.40. The van der Waals surface area contributed by atoms with Crippen molar-refractivity contribution in [1.29, 1.82) is 0 Å².